The van der Waals surface area contributed by atoms with Crippen LogP contribution in [0.15, 0.2) is 54.2 Å². The molecular weight excluding hydrogens is 262 g/mol. The number of nitrogens with zero attached hydrogens (tertiary/aromatic N) is 2. The van der Waals surface area contributed by atoms with Crippen molar-refractivity contribution in [1.29, 1.82) is 5.26 Å². The second-order valence-electron chi connectivity index (χ2n) is 4.58. The van der Waals surface area contributed by atoms with Crippen LogP contribution in [0, 0.1) is 18.3 Å². The van der Waals surface area contributed by atoms with Crippen molar-refractivity contribution in [3.05, 3.63) is 71.1 Å². The first-order valence-electron chi connectivity index (χ1n) is 6.55. The highest BCUT2D eigenvalue weighted by molar-refractivity contribution is 6.01. The third-order valence-electron chi connectivity index (χ3n) is 2.91. The van der Waals surface area contributed by atoms with E-state index in [1.807, 2.05) is 55.5 Å². The van der Waals surface area contributed by atoms with Crippen LogP contribution in [0.2, 0.25) is 0 Å². The smallest absolute Gasteiger partial charge is 0.262 e. The summed E-state index contributed by atoms with van der Waals surface area (Å²) in [4.78, 5) is 16.1. The molecular formula is C17H15N3O. The number of nitrogens with one attached hydrogen (secondary N) is 1. The van der Waals surface area contributed by atoms with E-state index in [1.165, 1.54) is 0 Å². The van der Waals surface area contributed by atoms with Gasteiger partial charge >= 0.3 is 0 Å². The van der Waals surface area contributed by atoms with Gasteiger partial charge in [-0.1, -0.05) is 35.9 Å². The van der Waals surface area contributed by atoms with E-state index >= 15 is 0 Å². The fourth-order valence-corrected chi connectivity index (χ4v) is 1.75. The van der Waals surface area contributed by atoms with Gasteiger partial charge < -0.3 is 5.32 Å². The van der Waals surface area contributed by atoms with Crippen molar-refractivity contribution < 1.29 is 4.79 Å². The van der Waals surface area contributed by atoms with Crippen molar-refractivity contribution in [2.45, 2.75) is 13.5 Å². The fraction of sp³-hybridized carbons (Fsp3) is 0.118. The molecule has 4 heteroatoms. The molecule has 1 heterocycles. The summed E-state index contributed by atoms with van der Waals surface area (Å²) in [6.45, 7) is 2.28. The molecule has 1 aromatic carbocycles. The Morgan fingerprint density at radius 1 is 1.29 bits per heavy atom. The molecule has 2 rings (SSSR count). The molecule has 0 atom stereocenters. The number of benzene rings is 1. The van der Waals surface area contributed by atoms with Gasteiger partial charge in [0.1, 0.15) is 11.6 Å². The lowest BCUT2D eigenvalue weighted by molar-refractivity contribution is -0.117. The normalized spacial score (nSPS) is 10.8. The maximum atomic E-state index is 12.0. The van der Waals surface area contributed by atoms with Crippen LogP contribution in [-0.4, -0.2) is 10.9 Å². The monoisotopic (exact) mass is 277 g/mol. The molecule has 0 aliphatic rings. The third kappa shape index (κ3) is 4.29. The molecule has 0 aliphatic heterocycles. The molecule has 104 valence electrons. The summed E-state index contributed by atoms with van der Waals surface area (Å²) in [6.07, 6.45) is 3.24. The van der Waals surface area contributed by atoms with Gasteiger partial charge in [-0.05, 0) is 30.7 Å². The number of hydrogen-bond acceptors (Lipinski definition) is 3. The Morgan fingerprint density at radius 3 is 2.67 bits per heavy atom. The van der Waals surface area contributed by atoms with E-state index in [2.05, 4.69) is 10.3 Å². The first-order chi connectivity index (χ1) is 10.2. The number of hydrogen-bond donors (Lipinski definition) is 1. The molecule has 0 fully saturated rings. The Bertz CT molecular complexity index is 682. The minimum Gasteiger partial charge on any atom is -0.346 e. The molecule has 0 saturated carbocycles. The standard InChI is InChI=1S/C17H15N3O/c1-13-5-7-14(8-6-13)10-15(11-18)17(21)20-12-16-4-2-3-9-19-16/h2-10H,12H2,1H3,(H,20,21)/b15-10+. The van der Waals surface area contributed by atoms with Gasteiger partial charge in [-0.25, -0.2) is 0 Å². The SMILES string of the molecule is Cc1ccc(/C=C(\C#N)C(=O)NCc2ccccn2)cc1. The molecule has 0 bridgehead atoms. The quantitative estimate of drug-likeness (QED) is 0.690. The second kappa shape index (κ2) is 7.01. The number of aromatic nitrogens is 1. The summed E-state index contributed by atoms with van der Waals surface area (Å²) in [5, 5.41) is 11.8. The molecule has 0 spiro atoms. The highest BCUT2D eigenvalue weighted by Gasteiger charge is 2.08. The Morgan fingerprint density at radius 2 is 2.05 bits per heavy atom. The van der Waals surface area contributed by atoms with Crippen LogP contribution < -0.4 is 5.32 Å². The highest BCUT2D eigenvalue weighted by atomic mass is 16.1. The number of aryl methyl sites for hydroxylation is 1. The van der Waals surface area contributed by atoms with Gasteiger partial charge in [0, 0.05) is 6.20 Å². The van der Waals surface area contributed by atoms with Crippen molar-refractivity contribution in [2.75, 3.05) is 0 Å². The maximum Gasteiger partial charge on any atom is 0.262 e. The van der Waals surface area contributed by atoms with E-state index in [-0.39, 0.29) is 5.57 Å². The van der Waals surface area contributed by atoms with Crippen molar-refractivity contribution in [2.24, 2.45) is 0 Å². The molecule has 1 aromatic heterocycles. The molecule has 1 N–H and O–H groups in total. The number of nitriles is 1. The van der Waals surface area contributed by atoms with E-state index in [4.69, 9.17) is 5.26 Å². The average molecular weight is 277 g/mol. The van der Waals surface area contributed by atoms with Crippen LogP contribution in [0.4, 0.5) is 0 Å². The van der Waals surface area contributed by atoms with E-state index in [1.54, 1.807) is 12.3 Å². The maximum absolute atomic E-state index is 12.0. The van der Waals surface area contributed by atoms with Crippen molar-refractivity contribution in [1.82, 2.24) is 10.3 Å². The zero-order chi connectivity index (χ0) is 15.1. The molecule has 21 heavy (non-hydrogen) atoms. The summed E-state index contributed by atoms with van der Waals surface area (Å²) >= 11 is 0. The Balaban J connectivity index is 2.05. The van der Waals surface area contributed by atoms with Gasteiger partial charge in [-0.15, -0.1) is 0 Å². The Kier molecular flexibility index (Phi) is 4.84. The first kappa shape index (κ1) is 14.5. The summed E-state index contributed by atoms with van der Waals surface area (Å²) in [5.74, 6) is -0.399. The molecule has 2 aromatic rings. The van der Waals surface area contributed by atoms with Crippen molar-refractivity contribution in [3.63, 3.8) is 0 Å². The van der Waals surface area contributed by atoms with Crippen molar-refractivity contribution >= 4 is 12.0 Å². The Labute approximate surface area is 123 Å². The largest absolute Gasteiger partial charge is 0.346 e. The van der Waals surface area contributed by atoms with E-state index in [0.29, 0.717) is 6.54 Å². The zero-order valence-electron chi connectivity index (χ0n) is 11.7. The predicted molar refractivity (Wildman–Crippen MR) is 80.9 cm³/mol. The van der Waals surface area contributed by atoms with Crippen LogP contribution in [-0.2, 0) is 11.3 Å². The zero-order valence-corrected chi connectivity index (χ0v) is 11.7. The molecule has 1 amide bonds. The molecule has 0 radical (unpaired) electrons. The topological polar surface area (TPSA) is 65.8 Å². The summed E-state index contributed by atoms with van der Waals surface area (Å²) < 4.78 is 0. The number of pyridine rings is 1. The molecule has 0 unspecified atom stereocenters. The van der Waals surface area contributed by atoms with Gasteiger partial charge in [0.2, 0.25) is 0 Å². The van der Waals surface area contributed by atoms with Gasteiger partial charge in [0.05, 0.1) is 12.2 Å². The lowest BCUT2D eigenvalue weighted by Gasteiger charge is -2.03. The number of rotatable bonds is 4. The number of carbonyl (C=O) groups excluding carboxylic acids is 1. The molecule has 0 aliphatic carbocycles. The van der Waals surface area contributed by atoms with E-state index in [9.17, 15) is 4.79 Å². The lowest BCUT2D eigenvalue weighted by Crippen LogP contribution is -2.24. The van der Waals surface area contributed by atoms with Crippen LogP contribution >= 0.6 is 0 Å². The number of carbonyl (C=O) groups is 1. The van der Waals surface area contributed by atoms with Gasteiger partial charge in [0.15, 0.2) is 0 Å². The van der Waals surface area contributed by atoms with Crippen LogP contribution in [0.5, 0.6) is 0 Å². The lowest BCUT2D eigenvalue weighted by atomic mass is 10.1. The number of amides is 1. The van der Waals surface area contributed by atoms with Crippen LogP contribution in [0.3, 0.4) is 0 Å². The van der Waals surface area contributed by atoms with Crippen LogP contribution in [0.1, 0.15) is 16.8 Å². The second-order valence-corrected chi connectivity index (χ2v) is 4.58. The minimum atomic E-state index is -0.399. The van der Waals surface area contributed by atoms with Crippen molar-refractivity contribution in [3.8, 4) is 6.07 Å². The first-order valence-corrected chi connectivity index (χ1v) is 6.55. The van der Waals surface area contributed by atoms with Gasteiger partial charge in [-0.2, -0.15) is 5.26 Å². The van der Waals surface area contributed by atoms with Gasteiger partial charge in [0.25, 0.3) is 5.91 Å². The molecule has 4 nitrogen and oxygen atoms in total. The summed E-state index contributed by atoms with van der Waals surface area (Å²) in [6, 6.07) is 15.0. The van der Waals surface area contributed by atoms with E-state index < -0.39 is 5.91 Å². The predicted octanol–water partition coefficient (Wildman–Crippen LogP) is 2.61. The average Bonchev–Trinajstić information content (AvgIpc) is 2.53. The Hall–Kier alpha value is -2.93. The minimum absolute atomic E-state index is 0.0785. The third-order valence-corrected chi connectivity index (χ3v) is 2.91. The van der Waals surface area contributed by atoms with E-state index in [0.717, 1.165) is 16.8 Å². The van der Waals surface area contributed by atoms with Gasteiger partial charge in [-0.3, -0.25) is 9.78 Å². The van der Waals surface area contributed by atoms with Crippen LogP contribution in [0.25, 0.3) is 6.08 Å². The fourth-order valence-electron chi connectivity index (χ4n) is 1.75. The molecule has 0 saturated heterocycles. The highest BCUT2D eigenvalue weighted by Crippen LogP contribution is 2.08. The summed E-state index contributed by atoms with van der Waals surface area (Å²) in [5.41, 5.74) is 2.78. The summed E-state index contributed by atoms with van der Waals surface area (Å²) in [7, 11) is 0.